The van der Waals surface area contributed by atoms with E-state index >= 15 is 0 Å². The fraction of sp³-hybridized carbons (Fsp3) is 0.444. The van der Waals surface area contributed by atoms with E-state index in [-0.39, 0.29) is 0 Å². The largest absolute Gasteiger partial charge is 0.350 e. The van der Waals surface area contributed by atoms with Crippen LogP contribution in [-0.2, 0) is 0 Å². The lowest BCUT2D eigenvalue weighted by atomic mass is 10.1. The molecule has 0 amide bonds. The summed E-state index contributed by atoms with van der Waals surface area (Å²) in [6.07, 6.45) is 2.26. The lowest BCUT2D eigenvalue weighted by Gasteiger charge is -2.05. The highest BCUT2D eigenvalue weighted by molar-refractivity contribution is 9.10. The Bertz CT molecular complexity index is 250. The molecule has 12 heavy (non-hydrogen) atoms. The van der Waals surface area contributed by atoms with Crippen LogP contribution in [0.4, 0.5) is 0 Å². The zero-order chi connectivity index (χ0) is 8.97. The summed E-state index contributed by atoms with van der Waals surface area (Å²) in [5.41, 5.74) is 5.13. The molecule has 0 aromatic carbocycles. The van der Waals surface area contributed by atoms with Crippen molar-refractivity contribution in [1.82, 2.24) is 4.98 Å². The molecule has 0 aliphatic rings. The molecule has 0 bridgehead atoms. The van der Waals surface area contributed by atoms with Crippen LogP contribution < -0.4 is 5.73 Å². The van der Waals surface area contributed by atoms with E-state index in [1.165, 1.54) is 0 Å². The minimum Gasteiger partial charge on any atom is -0.350 e. The molecule has 2 nitrogen and oxygen atoms in total. The quantitative estimate of drug-likeness (QED) is 0.792. The SMILES string of the molecule is CCC[C@H]([NH3+])c1cccc(Br)n1. The summed E-state index contributed by atoms with van der Waals surface area (Å²) in [4.78, 5) is 4.35. The number of aromatic nitrogens is 1. The zero-order valence-corrected chi connectivity index (χ0v) is 8.84. The van der Waals surface area contributed by atoms with Crippen LogP contribution in [0.25, 0.3) is 0 Å². The predicted octanol–water partition coefficient (Wildman–Crippen LogP) is 1.93. The van der Waals surface area contributed by atoms with Crippen LogP contribution in [0.2, 0.25) is 0 Å². The van der Waals surface area contributed by atoms with Crippen molar-refractivity contribution in [1.29, 1.82) is 0 Å². The van der Waals surface area contributed by atoms with Gasteiger partial charge in [-0.05, 0) is 28.1 Å². The van der Waals surface area contributed by atoms with Gasteiger partial charge in [-0.25, -0.2) is 4.98 Å². The van der Waals surface area contributed by atoms with Crippen molar-refractivity contribution in [3.63, 3.8) is 0 Å². The molecular formula is C9H14BrN2+. The number of halogens is 1. The van der Waals surface area contributed by atoms with Gasteiger partial charge in [-0.1, -0.05) is 19.4 Å². The molecule has 1 heterocycles. The Labute approximate surface area is 81.3 Å². The summed E-state index contributed by atoms with van der Waals surface area (Å²) in [6.45, 7) is 2.16. The van der Waals surface area contributed by atoms with E-state index in [9.17, 15) is 0 Å². The Kier molecular flexibility index (Phi) is 3.69. The highest BCUT2D eigenvalue weighted by atomic mass is 79.9. The molecular weight excluding hydrogens is 216 g/mol. The van der Waals surface area contributed by atoms with Gasteiger partial charge in [0.05, 0.1) is 5.69 Å². The molecule has 1 rings (SSSR count). The lowest BCUT2D eigenvalue weighted by molar-refractivity contribution is -0.429. The Balaban J connectivity index is 2.73. The number of quaternary nitrogens is 1. The summed E-state index contributed by atoms with van der Waals surface area (Å²) in [6, 6.07) is 6.29. The summed E-state index contributed by atoms with van der Waals surface area (Å²) < 4.78 is 0.893. The third-order valence-electron chi connectivity index (χ3n) is 1.79. The van der Waals surface area contributed by atoms with Crippen molar-refractivity contribution in [3.05, 3.63) is 28.5 Å². The second-order valence-corrected chi connectivity index (χ2v) is 3.68. The van der Waals surface area contributed by atoms with Gasteiger partial charge in [-0.3, -0.25) is 0 Å². The van der Waals surface area contributed by atoms with Crippen LogP contribution >= 0.6 is 15.9 Å². The predicted molar refractivity (Wildman–Crippen MR) is 52.5 cm³/mol. The second-order valence-electron chi connectivity index (χ2n) is 2.87. The van der Waals surface area contributed by atoms with E-state index in [2.05, 4.69) is 33.6 Å². The van der Waals surface area contributed by atoms with Gasteiger partial charge < -0.3 is 5.73 Å². The third-order valence-corrected chi connectivity index (χ3v) is 2.23. The molecule has 1 atom stereocenters. The van der Waals surface area contributed by atoms with Crippen molar-refractivity contribution >= 4 is 15.9 Å². The van der Waals surface area contributed by atoms with Gasteiger partial charge in [0.25, 0.3) is 0 Å². The van der Waals surface area contributed by atoms with Gasteiger partial charge in [-0.15, -0.1) is 0 Å². The zero-order valence-electron chi connectivity index (χ0n) is 7.26. The molecule has 0 aliphatic heterocycles. The molecule has 3 heteroatoms. The van der Waals surface area contributed by atoms with Gasteiger partial charge in [0.15, 0.2) is 0 Å². The smallest absolute Gasteiger partial charge is 0.127 e. The van der Waals surface area contributed by atoms with Crippen LogP contribution in [0.3, 0.4) is 0 Å². The average Bonchev–Trinajstić information content (AvgIpc) is 2.05. The number of hydrogen-bond acceptors (Lipinski definition) is 1. The van der Waals surface area contributed by atoms with Gasteiger partial charge in [0, 0.05) is 6.42 Å². The van der Waals surface area contributed by atoms with E-state index in [4.69, 9.17) is 0 Å². The molecule has 0 saturated heterocycles. The minimum atomic E-state index is 0.326. The van der Waals surface area contributed by atoms with Crippen LogP contribution in [0.5, 0.6) is 0 Å². The summed E-state index contributed by atoms with van der Waals surface area (Å²) in [7, 11) is 0. The Hall–Kier alpha value is -0.410. The maximum atomic E-state index is 4.35. The van der Waals surface area contributed by atoms with Crippen molar-refractivity contribution < 1.29 is 5.73 Å². The van der Waals surface area contributed by atoms with Crippen LogP contribution in [-0.4, -0.2) is 4.98 Å². The molecule has 0 radical (unpaired) electrons. The number of nitrogens with zero attached hydrogens (tertiary/aromatic N) is 1. The van der Waals surface area contributed by atoms with E-state index in [0.29, 0.717) is 6.04 Å². The van der Waals surface area contributed by atoms with Crippen molar-refractivity contribution in [2.75, 3.05) is 0 Å². The van der Waals surface area contributed by atoms with E-state index in [1.807, 2.05) is 18.2 Å². The van der Waals surface area contributed by atoms with E-state index in [0.717, 1.165) is 23.1 Å². The van der Waals surface area contributed by atoms with Crippen LogP contribution in [0.15, 0.2) is 22.8 Å². The first kappa shape index (κ1) is 9.68. The topological polar surface area (TPSA) is 40.5 Å². The first-order valence-corrected chi connectivity index (χ1v) is 4.99. The lowest BCUT2D eigenvalue weighted by Crippen LogP contribution is -2.53. The molecule has 66 valence electrons. The normalized spacial score (nSPS) is 12.9. The highest BCUT2D eigenvalue weighted by Gasteiger charge is 2.09. The van der Waals surface area contributed by atoms with Gasteiger partial charge in [0.2, 0.25) is 0 Å². The first-order chi connectivity index (χ1) is 5.74. The molecule has 3 N–H and O–H groups in total. The summed E-state index contributed by atoms with van der Waals surface area (Å²) in [5, 5.41) is 0. The second kappa shape index (κ2) is 4.58. The third kappa shape index (κ3) is 2.57. The summed E-state index contributed by atoms with van der Waals surface area (Å²) in [5.74, 6) is 0. The number of rotatable bonds is 3. The van der Waals surface area contributed by atoms with Gasteiger partial charge in [0.1, 0.15) is 10.6 Å². The Morgan fingerprint density at radius 1 is 1.58 bits per heavy atom. The fourth-order valence-corrected chi connectivity index (χ4v) is 1.51. The van der Waals surface area contributed by atoms with Gasteiger partial charge in [-0.2, -0.15) is 0 Å². The average molecular weight is 230 g/mol. The number of pyridine rings is 1. The Morgan fingerprint density at radius 2 is 2.33 bits per heavy atom. The molecule has 1 aromatic heterocycles. The van der Waals surface area contributed by atoms with E-state index < -0.39 is 0 Å². The van der Waals surface area contributed by atoms with Crippen molar-refractivity contribution in [3.8, 4) is 0 Å². The van der Waals surface area contributed by atoms with Crippen molar-refractivity contribution in [2.45, 2.75) is 25.8 Å². The molecule has 0 saturated carbocycles. The summed E-state index contributed by atoms with van der Waals surface area (Å²) >= 11 is 3.34. The monoisotopic (exact) mass is 229 g/mol. The molecule has 0 unspecified atom stereocenters. The fourth-order valence-electron chi connectivity index (χ4n) is 1.15. The molecule has 0 aliphatic carbocycles. The maximum Gasteiger partial charge on any atom is 0.127 e. The highest BCUT2D eigenvalue weighted by Crippen LogP contribution is 2.13. The van der Waals surface area contributed by atoms with Gasteiger partial charge >= 0.3 is 0 Å². The minimum absolute atomic E-state index is 0.326. The van der Waals surface area contributed by atoms with Crippen LogP contribution in [0, 0.1) is 0 Å². The maximum absolute atomic E-state index is 4.35. The molecule has 0 spiro atoms. The van der Waals surface area contributed by atoms with E-state index in [1.54, 1.807) is 0 Å². The standard InChI is InChI=1S/C9H13BrN2/c1-2-4-7(11)8-5-3-6-9(10)12-8/h3,5-7H,2,4,11H2,1H3/p+1/t7-/m0/s1. The van der Waals surface area contributed by atoms with Crippen molar-refractivity contribution in [2.24, 2.45) is 0 Å². The number of hydrogen-bond donors (Lipinski definition) is 1. The Morgan fingerprint density at radius 3 is 2.92 bits per heavy atom. The van der Waals surface area contributed by atoms with Crippen LogP contribution in [0.1, 0.15) is 31.5 Å². The first-order valence-electron chi connectivity index (χ1n) is 4.19. The molecule has 1 aromatic rings. The molecule has 0 fully saturated rings.